The highest BCUT2D eigenvalue weighted by Crippen LogP contribution is 2.26. The molecule has 0 aromatic heterocycles. The summed E-state index contributed by atoms with van der Waals surface area (Å²) >= 11 is 0. The van der Waals surface area contributed by atoms with Crippen LogP contribution in [0.3, 0.4) is 0 Å². The SMILES string of the molecule is CCNC(=O)C(C)Nc1cc(N)cc(S(N)(=O)=O)c1C. The molecule has 20 heavy (non-hydrogen) atoms. The molecule has 0 aliphatic rings. The fourth-order valence-electron chi connectivity index (χ4n) is 1.78. The smallest absolute Gasteiger partial charge is 0.242 e. The first-order valence-corrected chi connectivity index (χ1v) is 7.68. The van der Waals surface area contributed by atoms with Crippen molar-refractivity contribution in [2.24, 2.45) is 5.14 Å². The number of nitrogens with two attached hydrogens (primary N) is 2. The van der Waals surface area contributed by atoms with Crippen molar-refractivity contribution in [3.8, 4) is 0 Å². The van der Waals surface area contributed by atoms with E-state index < -0.39 is 16.1 Å². The quantitative estimate of drug-likeness (QED) is 0.576. The number of likely N-dealkylation sites (N-methyl/N-ethyl adjacent to an activating group) is 1. The van der Waals surface area contributed by atoms with Gasteiger partial charge in [-0.05, 0) is 38.5 Å². The van der Waals surface area contributed by atoms with Crippen LogP contribution >= 0.6 is 0 Å². The van der Waals surface area contributed by atoms with E-state index in [0.29, 0.717) is 17.8 Å². The molecule has 0 saturated heterocycles. The van der Waals surface area contributed by atoms with Gasteiger partial charge in [-0.3, -0.25) is 4.79 Å². The number of sulfonamides is 1. The minimum atomic E-state index is -3.87. The molecule has 1 aromatic carbocycles. The second kappa shape index (κ2) is 6.10. The van der Waals surface area contributed by atoms with Crippen LogP contribution in [0, 0.1) is 6.92 Å². The number of hydrogen-bond donors (Lipinski definition) is 4. The molecule has 1 atom stereocenters. The molecule has 112 valence electrons. The van der Waals surface area contributed by atoms with Crippen molar-refractivity contribution >= 4 is 27.3 Å². The number of nitrogen functional groups attached to an aromatic ring is 1. The van der Waals surface area contributed by atoms with Gasteiger partial charge in [-0.2, -0.15) is 0 Å². The van der Waals surface area contributed by atoms with Gasteiger partial charge >= 0.3 is 0 Å². The highest BCUT2D eigenvalue weighted by Gasteiger charge is 2.18. The minimum Gasteiger partial charge on any atom is -0.399 e. The number of primary sulfonamides is 1. The maximum Gasteiger partial charge on any atom is 0.242 e. The summed E-state index contributed by atoms with van der Waals surface area (Å²) in [4.78, 5) is 11.6. The van der Waals surface area contributed by atoms with Crippen LogP contribution in [0.4, 0.5) is 11.4 Å². The van der Waals surface area contributed by atoms with E-state index in [0.717, 1.165) is 0 Å². The van der Waals surface area contributed by atoms with Crippen LogP contribution in [0.5, 0.6) is 0 Å². The fourth-order valence-corrected chi connectivity index (χ4v) is 2.62. The summed E-state index contributed by atoms with van der Waals surface area (Å²) in [6, 6.07) is 2.34. The Labute approximate surface area is 118 Å². The van der Waals surface area contributed by atoms with Crippen molar-refractivity contribution in [2.45, 2.75) is 31.7 Å². The van der Waals surface area contributed by atoms with Gasteiger partial charge in [-0.1, -0.05) is 0 Å². The monoisotopic (exact) mass is 300 g/mol. The first kappa shape index (κ1) is 16.3. The average molecular weight is 300 g/mol. The van der Waals surface area contributed by atoms with Crippen LogP contribution in [-0.2, 0) is 14.8 Å². The predicted molar refractivity (Wildman–Crippen MR) is 78.7 cm³/mol. The largest absolute Gasteiger partial charge is 0.399 e. The van der Waals surface area contributed by atoms with Gasteiger partial charge in [0.05, 0.1) is 4.90 Å². The first-order valence-electron chi connectivity index (χ1n) is 6.14. The molecule has 1 aromatic rings. The maximum absolute atomic E-state index is 11.7. The minimum absolute atomic E-state index is 0.0527. The topological polar surface area (TPSA) is 127 Å². The number of benzene rings is 1. The van der Waals surface area contributed by atoms with Crippen LogP contribution in [0.15, 0.2) is 17.0 Å². The van der Waals surface area contributed by atoms with E-state index in [1.807, 2.05) is 6.92 Å². The lowest BCUT2D eigenvalue weighted by atomic mass is 10.1. The van der Waals surface area contributed by atoms with E-state index >= 15 is 0 Å². The maximum atomic E-state index is 11.7. The second-order valence-corrected chi connectivity index (χ2v) is 6.03. The van der Waals surface area contributed by atoms with E-state index in [2.05, 4.69) is 10.6 Å². The van der Waals surface area contributed by atoms with Gasteiger partial charge in [0.2, 0.25) is 15.9 Å². The van der Waals surface area contributed by atoms with E-state index in [-0.39, 0.29) is 16.5 Å². The standard InChI is InChI=1S/C12H20N4O3S/c1-4-15-12(17)8(3)16-10-5-9(13)6-11(7(10)2)20(14,18)19/h5-6,8,16H,4,13H2,1-3H3,(H,15,17)(H2,14,18,19). The third-order valence-electron chi connectivity index (χ3n) is 2.81. The Hall–Kier alpha value is -1.80. The zero-order valence-electron chi connectivity index (χ0n) is 11.7. The molecular formula is C12H20N4O3S. The summed E-state index contributed by atoms with van der Waals surface area (Å²) in [6.45, 7) is 5.61. The Balaban J connectivity index is 3.14. The molecular weight excluding hydrogens is 280 g/mol. The van der Waals surface area contributed by atoms with Gasteiger partial charge in [0.15, 0.2) is 0 Å². The first-order chi connectivity index (χ1) is 9.16. The fraction of sp³-hybridized carbons (Fsp3) is 0.417. The third-order valence-corrected chi connectivity index (χ3v) is 3.84. The van der Waals surface area contributed by atoms with Gasteiger partial charge in [0.25, 0.3) is 0 Å². The van der Waals surface area contributed by atoms with E-state index in [9.17, 15) is 13.2 Å². The highest BCUT2D eigenvalue weighted by atomic mass is 32.2. The van der Waals surface area contributed by atoms with E-state index in [1.54, 1.807) is 19.9 Å². The number of nitrogens with one attached hydrogen (secondary N) is 2. The van der Waals surface area contributed by atoms with Crippen molar-refractivity contribution in [1.82, 2.24) is 5.32 Å². The molecule has 0 aliphatic heterocycles. The van der Waals surface area contributed by atoms with Crippen molar-refractivity contribution in [3.63, 3.8) is 0 Å². The highest BCUT2D eigenvalue weighted by molar-refractivity contribution is 7.89. The van der Waals surface area contributed by atoms with Gasteiger partial charge in [-0.25, -0.2) is 13.6 Å². The molecule has 1 amide bonds. The van der Waals surface area contributed by atoms with Crippen LogP contribution in [-0.4, -0.2) is 26.9 Å². The van der Waals surface area contributed by atoms with Crippen molar-refractivity contribution < 1.29 is 13.2 Å². The summed E-state index contributed by atoms with van der Waals surface area (Å²) in [5.41, 5.74) is 6.82. The molecule has 0 bridgehead atoms. The predicted octanol–water partition coefficient (Wildman–Crippen LogP) is 0.161. The Kier molecular flexibility index (Phi) is 4.96. The Bertz CT molecular complexity index is 613. The van der Waals surface area contributed by atoms with Crippen molar-refractivity contribution in [3.05, 3.63) is 17.7 Å². The lowest BCUT2D eigenvalue weighted by Crippen LogP contribution is -2.37. The van der Waals surface area contributed by atoms with Gasteiger partial charge < -0.3 is 16.4 Å². The van der Waals surface area contributed by atoms with Gasteiger partial charge in [-0.15, -0.1) is 0 Å². The Morgan fingerprint density at radius 2 is 2.00 bits per heavy atom. The molecule has 7 nitrogen and oxygen atoms in total. The average Bonchev–Trinajstić information content (AvgIpc) is 2.32. The van der Waals surface area contributed by atoms with Crippen LogP contribution in [0.2, 0.25) is 0 Å². The van der Waals surface area contributed by atoms with Gasteiger partial charge in [0, 0.05) is 17.9 Å². The lowest BCUT2D eigenvalue weighted by Gasteiger charge is -2.18. The molecule has 1 rings (SSSR count). The number of carbonyl (C=O) groups is 1. The van der Waals surface area contributed by atoms with E-state index in [1.165, 1.54) is 6.07 Å². The number of carbonyl (C=O) groups excluding carboxylic acids is 1. The summed E-state index contributed by atoms with van der Waals surface area (Å²) in [5.74, 6) is -0.188. The zero-order valence-corrected chi connectivity index (χ0v) is 12.5. The number of amides is 1. The normalized spacial score (nSPS) is 12.8. The molecule has 6 N–H and O–H groups in total. The van der Waals surface area contributed by atoms with Crippen LogP contribution in [0.1, 0.15) is 19.4 Å². The Morgan fingerprint density at radius 3 is 2.50 bits per heavy atom. The van der Waals surface area contributed by atoms with Crippen molar-refractivity contribution in [2.75, 3.05) is 17.6 Å². The number of rotatable bonds is 5. The molecule has 8 heteroatoms. The summed E-state index contributed by atoms with van der Waals surface area (Å²) in [6.07, 6.45) is 0. The molecule has 0 heterocycles. The lowest BCUT2D eigenvalue weighted by molar-refractivity contribution is -0.121. The zero-order chi connectivity index (χ0) is 15.5. The summed E-state index contributed by atoms with van der Waals surface area (Å²) in [7, 11) is -3.87. The number of anilines is 2. The summed E-state index contributed by atoms with van der Waals surface area (Å²) in [5, 5.41) is 10.7. The van der Waals surface area contributed by atoms with Gasteiger partial charge in [0.1, 0.15) is 6.04 Å². The van der Waals surface area contributed by atoms with Crippen molar-refractivity contribution in [1.29, 1.82) is 0 Å². The van der Waals surface area contributed by atoms with Crippen LogP contribution in [0.25, 0.3) is 0 Å². The molecule has 1 unspecified atom stereocenters. The Morgan fingerprint density at radius 1 is 1.40 bits per heavy atom. The molecule has 0 spiro atoms. The molecule has 0 saturated carbocycles. The second-order valence-electron chi connectivity index (χ2n) is 4.50. The van der Waals surface area contributed by atoms with E-state index in [4.69, 9.17) is 10.9 Å². The van der Waals surface area contributed by atoms with Crippen LogP contribution < -0.4 is 21.5 Å². The number of hydrogen-bond acceptors (Lipinski definition) is 5. The molecule has 0 aliphatic carbocycles. The molecule has 0 radical (unpaired) electrons. The molecule has 0 fully saturated rings. The third kappa shape index (κ3) is 3.84. The summed E-state index contributed by atoms with van der Waals surface area (Å²) < 4.78 is 23.0.